The Kier molecular flexibility index (Phi) is 7.10. The number of amides is 1. The van der Waals surface area contributed by atoms with Crippen molar-refractivity contribution < 1.29 is 13.2 Å². The number of nitrogens with zero attached hydrogens (tertiary/aromatic N) is 1. The monoisotopic (exact) mass is 420 g/mol. The Morgan fingerprint density at radius 3 is 2.46 bits per heavy atom. The molecular formula is C21H25ClN2O3S. The van der Waals surface area contributed by atoms with Crippen molar-refractivity contribution in [3.05, 3.63) is 59.1 Å². The molecular weight excluding hydrogens is 396 g/mol. The minimum Gasteiger partial charge on any atom is -0.326 e. The maximum Gasteiger partial charge on any atom is 0.244 e. The van der Waals surface area contributed by atoms with Crippen molar-refractivity contribution in [3.8, 4) is 0 Å². The fraction of sp³-hybridized carbons (Fsp3) is 0.381. The van der Waals surface area contributed by atoms with Crippen LogP contribution in [0.4, 0.5) is 5.69 Å². The molecule has 7 heteroatoms. The maximum absolute atomic E-state index is 12.9. The Morgan fingerprint density at radius 2 is 1.75 bits per heavy atom. The minimum atomic E-state index is -3.65. The summed E-state index contributed by atoms with van der Waals surface area (Å²) in [5.74, 6) is -0.139. The molecule has 0 unspecified atom stereocenters. The van der Waals surface area contributed by atoms with Crippen LogP contribution in [0, 0.1) is 0 Å². The van der Waals surface area contributed by atoms with E-state index in [4.69, 9.17) is 11.6 Å². The number of anilines is 1. The van der Waals surface area contributed by atoms with Gasteiger partial charge >= 0.3 is 0 Å². The predicted molar refractivity (Wildman–Crippen MR) is 112 cm³/mol. The highest BCUT2D eigenvalue weighted by molar-refractivity contribution is 7.89. The van der Waals surface area contributed by atoms with Gasteiger partial charge in [-0.1, -0.05) is 48.4 Å². The second-order valence-electron chi connectivity index (χ2n) is 7.00. The number of hydrogen-bond acceptors (Lipinski definition) is 3. The summed E-state index contributed by atoms with van der Waals surface area (Å²) >= 11 is 6.17. The van der Waals surface area contributed by atoms with Gasteiger partial charge in [0.1, 0.15) is 4.90 Å². The van der Waals surface area contributed by atoms with E-state index in [2.05, 4.69) is 5.32 Å². The van der Waals surface area contributed by atoms with Crippen LogP contribution in [0.2, 0.25) is 5.02 Å². The van der Waals surface area contributed by atoms with E-state index >= 15 is 0 Å². The number of benzene rings is 2. The minimum absolute atomic E-state index is 0.0538. The lowest BCUT2D eigenvalue weighted by atomic mass is 10.1. The van der Waals surface area contributed by atoms with Crippen molar-refractivity contribution in [3.63, 3.8) is 0 Å². The van der Waals surface area contributed by atoms with E-state index in [1.54, 1.807) is 6.07 Å². The lowest BCUT2D eigenvalue weighted by molar-refractivity contribution is -0.116. The molecule has 1 fully saturated rings. The lowest BCUT2D eigenvalue weighted by Gasteiger charge is -2.26. The van der Waals surface area contributed by atoms with E-state index in [1.807, 2.05) is 30.3 Å². The summed E-state index contributed by atoms with van der Waals surface area (Å²) in [6.45, 7) is 1.02. The highest BCUT2D eigenvalue weighted by Gasteiger charge is 2.28. The molecule has 0 atom stereocenters. The van der Waals surface area contributed by atoms with Gasteiger partial charge in [-0.15, -0.1) is 0 Å². The van der Waals surface area contributed by atoms with Crippen molar-refractivity contribution in [2.75, 3.05) is 18.4 Å². The van der Waals surface area contributed by atoms with Crippen molar-refractivity contribution in [2.24, 2.45) is 0 Å². The zero-order chi connectivity index (χ0) is 20.0. The van der Waals surface area contributed by atoms with E-state index in [1.165, 1.54) is 22.0 Å². The van der Waals surface area contributed by atoms with Crippen LogP contribution < -0.4 is 5.32 Å². The van der Waals surface area contributed by atoms with Crippen molar-refractivity contribution in [2.45, 2.75) is 43.4 Å². The number of rotatable bonds is 7. The van der Waals surface area contributed by atoms with Crippen molar-refractivity contribution in [1.29, 1.82) is 0 Å². The third-order valence-corrected chi connectivity index (χ3v) is 7.24. The number of nitrogens with one attached hydrogen (secondary N) is 1. The van der Waals surface area contributed by atoms with Crippen LogP contribution in [0.5, 0.6) is 0 Å². The molecule has 5 nitrogen and oxygen atoms in total. The first-order chi connectivity index (χ1) is 13.5. The van der Waals surface area contributed by atoms with E-state index in [-0.39, 0.29) is 15.8 Å². The highest BCUT2D eigenvalue weighted by atomic mass is 35.5. The summed E-state index contributed by atoms with van der Waals surface area (Å²) in [6.07, 6.45) is 4.67. The number of aryl methyl sites for hydroxylation is 1. The SMILES string of the molecule is O=C(CCCc1ccccc1)Nc1ccc(Cl)c(S(=O)(=O)N2CCCCC2)c1. The second kappa shape index (κ2) is 9.54. The number of halogens is 1. The van der Waals surface area contributed by atoms with E-state index in [0.29, 0.717) is 25.2 Å². The molecule has 0 bridgehead atoms. The number of hydrogen-bond donors (Lipinski definition) is 1. The quantitative estimate of drug-likeness (QED) is 0.718. The zero-order valence-electron chi connectivity index (χ0n) is 15.7. The summed E-state index contributed by atoms with van der Waals surface area (Å²) < 4.78 is 27.3. The average molecular weight is 421 g/mol. The molecule has 2 aromatic carbocycles. The molecule has 1 amide bonds. The van der Waals surface area contributed by atoms with Crippen LogP contribution in [0.1, 0.15) is 37.7 Å². The van der Waals surface area contributed by atoms with Gasteiger partial charge in [-0.3, -0.25) is 4.79 Å². The van der Waals surface area contributed by atoms with Gasteiger partial charge in [0.15, 0.2) is 0 Å². The van der Waals surface area contributed by atoms with Crippen LogP contribution in [-0.4, -0.2) is 31.7 Å². The van der Waals surface area contributed by atoms with Crippen molar-refractivity contribution >= 4 is 33.2 Å². The van der Waals surface area contributed by atoms with Gasteiger partial charge < -0.3 is 5.32 Å². The van der Waals surface area contributed by atoms with Gasteiger partial charge in [0, 0.05) is 25.2 Å². The summed E-state index contributed by atoms with van der Waals surface area (Å²) in [4.78, 5) is 12.3. The van der Waals surface area contributed by atoms with Crippen LogP contribution in [0.15, 0.2) is 53.4 Å². The molecule has 0 spiro atoms. The topological polar surface area (TPSA) is 66.5 Å². The van der Waals surface area contributed by atoms with Crippen LogP contribution >= 0.6 is 11.6 Å². The Balaban J connectivity index is 1.63. The first kappa shape index (κ1) is 20.8. The largest absolute Gasteiger partial charge is 0.326 e. The molecule has 1 aliphatic rings. The first-order valence-electron chi connectivity index (χ1n) is 9.60. The third-order valence-electron chi connectivity index (χ3n) is 4.86. The Bertz CT molecular complexity index is 911. The molecule has 0 aromatic heterocycles. The molecule has 0 saturated carbocycles. The van der Waals surface area contributed by atoms with Gasteiger partial charge in [-0.25, -0.2) is 8.42 Å². The normalized spacial score (nSPS) is 15.3. The van der Waals surface area contributed by atoms with Gasteiger partial charge in [0.2, 0.25) is 15.9 Å². The maximum atomic E-state index is 12.9. The molecule has 1 aliphatic heterocycles. The predicted octanol–water partition coefficient (Wildman–Crippen LogP) is 4.48. The fourth-order valence-corrected chi connectivity index (χ4v) is 5.36. The smallest absolute Gasteiger partial charge is 0.244 e. The highest BCUT2D eigenvalue weighted by Crippen LogP contribution is 2.29. The van der Waals surface area contributed by atoms with E-state index < -0.39 is 10.0 Å². The molecule has 150 valence electrons. The molecule has 1 heterocycles. The number of piperidine rings is 1. The third kappa shape index (κ3) is 5.34. The summed E-state index contributed by atoms with van der Waals surface area (Å²) in [5, 5.41) is 2.96. The molecule has 28 heavy (non-hydrogen) atoms. The fourth-order valence-electron chi connectivity index (χ4n) is 3.34. The van der Waals surface area contributed by atoms with Crippen LogP contribution in [0.3, 0.4) is 0 Å². The van der Waals surface area contributed by atoms with Crippen LogP contribution in [-0.2, 0) is 21.2 Å². The Labute approximate surface area is 171 Å². The first-order valence-corrected chi connectivity index (χ1v) is 11.4. The van der Waals surface area contributed by atoms with Crippen LogP contribution in [0.25, 0.3) is 0 Å². The van der Waals surface area contributed by atoms with Gasteiger partial charge in [-0.2, -0.15) is 4.31 Å². The molecule has 2 aromatic rings. The zero-order valence-corrected chi connectivity index (χ0v) is 17.3. The standard InChI is InChI=1S/C21H25ClN2O3S/c22-19-13-12-18(16-20(19)28(26,27)24-14-5-2-6-15-24)23-21(25)11-7-10-17-8-3-1-4-9-17/h1,3-4,8-9,12-13,16H,2,5-7,10-11,14-15H2,(H,23,25). The second-order valence-corrected chi connectivity index (χ2v) is 9.31. The average Bonchev–Trinajstić information content (AvgIpc) is 2.71. The van der Waals surface area contributed by atoms with Crippen molar-refractivity contribution in [1.82, 2.24) is 4.31 Å². The number of carbonyl (C=O) groups excluding carboxylic acids is 1. The van der Waals surface area contributed by atoms with Gasteiger partial charge in [0.05, 0.1) is 5.02 Å². The molecule has 3 rings (SSSR count). The van der Waals surface area contributed by atoms with Gasteiger partial charge in [0.25, 0.3) is 0 Å². The molecule has 1 N–H and O–H groups in total. The van der Waals surface area contributed by atoms with E-state index in [0.717, 1.165) is 32.1 Å². The number of carbonyl (C=O) groups is 1. The Hall–Kier alpha value is -1.89. The molecule has 0 radical (unpaired) electrons. The summed E-state index contributed by atoms with van der Waals surface area (Å²) in [6, 6.07) is 14.6. The number of sulfonamides is 1. The molecule has 0 aliphatic carbocycles. The summed E-state index contributed by atoms with van der Waals surface area (Å²) in [7, 11) is -3.65. The molecule has 1 saturated heterocycles. The van der Waals surface area contributed by atoms with Gasteiger partial charge in [-0.05, 0) is 49.4 Å². The van der Waals surface area contributed by atoms with E-state index in [9.17, 15) is 13.2 Å². The Morgan fingerprint density at radius 1 is 1.04 bits per heavy atom. The summed E-state index contributed by atoms with van der Waals surface area (Å²) in [5.41, 5.74) is 1.64. The lowest BCUT2D eigenvalue weighted by Crippen LogP contribution is -2.35.